The highest BCUT2D eigenvalue weighted by Crippen LogP contribution is 2.32. The standard InChI is InChI=1S/C22H19FN2O3/c23-17-7-9-18(10-8-17)25-22(26)21(16-4-2-1-3-5-16)24-13-15-6-11-19-20(12-15)28-14-27-19/h1-12,21,24H,13-14H2,(H,25,26)/t21-/m1/s1. The number of hydrogen-bond donors (Lipinski definition) is 2. The van der Waals surface area contributed by atoms with Crippen molar-refractivity contribution >= 4 is 11.6 Å². The van der Waals surface area contributed by atoms with E-state index in [9.17, 15) is 9.18 Å². The van der Waals surface area contributed by atoms with Crippen LogP contribution in [0.4, 0.5) is 10.1 Å². The van der Waals surface area contributed by atoms with Crippen LogP contribution in [0.1, 0.15) is 17.2 Å². The lowest BCUT2D eigenvalue weighted by atomic mass is 10.1. The minimum atomic E-state index is -0.573. The fraction of sp³-hybridized carbons (Fsp3) is 0.136. The second-order valence-corrected chi connectivity index (χ2v) is 6.41. The van der Waals surface area contributed by atoms with Gasteiger partial charge in [0.05, 0.1) is 0 Å². The predicted octanol–water partition coefficient (Wildman–Crippen LogP) is 4.02. The van der Waals surface area contributed by atoms with Crippen LogP contribution in [-0.4, -0.2) is 12.7 Å². The van der Waals surface area contributed by atoms with Crippen molar-refractivity contribution in [3.63, 3.8) is 0 Å². The molecule has 0 saturated carbocycles. The fourth-order valence-electron chi connectivity index (χ4n) is 3.03. The summed E-state index contributed by atoms with van der Waals surface area (Å²) in [5.74, 6) is 0.848. The van der Waals surface area contributed by atoms with Gasteiger partial charge in [0.2, 0.25) is 12.7 Å². The van der Waals surface area contributed by atoms with E-state index in [-0.39, 0.29) is 18.5 Å². The van der Waals surface area contributed by atoms with Crippen molar-refractivity contribution in [2.75, 3.05) is 12.1 Å². The Morgan fingerprint density at radius 2 is 1.71 bits per heavy atom. The van der Waals surface area contributed by atoms with Gasteiger partial charge in [-0.2, -0.15) is 0 Å². The van der Waals surface area contributed by atoms with Gasteiger partial charge >= 0.3 is 0 Å². The van der Waals surface area contributed by atoms with Crippen LogP contribution in [0.15, 0.2) is 72.8 Å². The van der Waals surface area contributed by atoms with E-state index in [1.165, 1.54) is 24.3 Å². The maximum atomic E-state index is 13.1. The zero-order valence-electron chi connectivity index (χ0n) is 15.0. The van der Waals surface area contributed by atoms with Gasteiger partial charge in [0.25, 0.3) is 0 Å². The van der Waals surface area contributed by atoms with Crippen molar-refractivity contribution in [1.29, 1.82) is 0 Å². The Morgan fingerprint density at radius 3 is 2.50 bits per heavy atom. The highest BCUT2D eigenvalue weighted by molar-refractivity contribution is 5.95. The van der Waals surface area contributed by atoms with Crippen molar-refractivity contribution < 1.29 is 18.7 Å². The van der Waals surface area contributed by atoms with E-state index in [1.807, 2.05) is 48.5 Å². The number of anilines is 1. The number of amides is 1. The van der Waals surface area contributed by atoms with Crippen LogP contribution in [-0.2, 0) is 11.3 Å². The van der Waals surface area contributed by atoms with Gasteiger partial charge in [-0.3, -0.25) is 10.1 Å². The zero-order chi connectivity index (χ0) is 19.3. The maximum absolute atomic E-state index is 13.1. The monoisotopic (exact) mass is 378 g/mol. The summed E-state index contributed by atoms with van der Waals surface area (Å²) >= 11 is 0. The van der Waals surface area contributed by atoms with Gasteiger partial charge in [0, 0.05) is 12.2 Å². The normalized spacial score (nSPS) is 13.2. The minimum Gasteiger partial charge on any atom is -0.454 e. The number of halogens is 1. The largest absolute Gasteiger partial charge is 0.454 e. The maximum Gasteiger partial charge on any atom is 0.246 e. The van der Waals surface area contributed by atoms with Crippen molar-refractivity contribution in [1.82, 2.24) is 5.32 Å². The third-order valence-corrected chi connectivity index (χ3v) is 4.45. The third kappa shape index (κ3) is 4.13. The summed E-state index contributed by atoms with van der Waals surface area (Å²) < 4.78 is 23.8. The molecule has 3 aromatic rings. The van der Waals surface area contributed by atoms with E-state index < -0.39 is 6.04 Å². The lowest BCUT2D eigenvalue weighted by molar-refractivity contribution is -0.118. The SMILES string of the molecule is O=C(Nc1ccc(F)cc1)[C@H](NCc1ccc2c(c1)OCO2)c1ccccc1. The summed E-state index contributed by atoms with van der Waals surface area (Å²) in [6.07, 6.45) is 0. The zero-order valence-corrected chi connectivity index (χ0v) is 15.0. The second kappa shape index (κ2) is 8.10. The third-order valence-electron chi connectivity index (χ3n) is 4.45. The number of rotatable bonds is 6. The molecule has 0 unspecified atom stereocenters. The van der Waals surface area contributed by atoms with Gasteiger partial charge < -0.3 is 14.8 Å². The average molecular weight is 378 g/mol. The first-order valence-corrected chi connectivity index (χ1v) is 8.92. The number of fused-ring (bicyclic) bond motifs is 1. The molecule has 1 aliphatic heterocycles. The van der Waals surface area contributed by atoms with Crippen molar-refractivity contribution in [2.45, 2.75) is 12.6 Å². The van der Waals surface area contributed by atoms with Gasteiger partial charge in [-0.15, -0.1) is 0 Å². The molecule has 0 spiro atoms. The van der Waals surface area contributed by atoms with Crippen molar-refractivity contribution in [3.05, 3.63) is 89.7 Å². The highest BCUT2D eigenvalue weighted by atomic mass is 19.1. The molecule has 6 heteroatoms. The second-order valence-electron chi connectivity index (χ2n) is 6.41. The Bertz CT molecular complexity index is 961. The van der Waals surface area contributed by atoms with Crippen LogP contribution in [0.5, 0.6) is 11.5 Å². The van der Waals surface area contributed by atoms with Crippen molar-refractivity contribution in [2.24, 2.45) is 0 Å². The molecule has 0 radical (unpaired) electrons. The lowest BCUT2D eigenvalue weighted by Gasteiger charge is -2.19. The summed E-state index contributed by atoms with van der Waals surface area (Å²) in [6.45, 7) is 0.686. The molecule has 1 atom stereocenters. The molecule has 3 aromatic carbocycles. The molecule has 28 heavy (non-hydrogen) atoms. The molecule has 2 N–H and O–H groups in total. The van der Waals surface area contributed by atoms with Gasteiger partial charge in [-0.05, 0) is 47.5 Å². The van der Waals surface area contributed by atoms with Crippen LogP contribution in [0.2, 0.25) is 0 Å². The van der Waals surface area contributed by atoms with E-state index in [0.29, 0.717) is 18.0 Å². The summed E-state index contributed by atoms with van der Waals surface area (Å²) in [5.41, 5.74) is 2.35. The molecule has 1 amide bonds. The van der Waals surface area contributed by atoms with E-state index in [1.54, 1.807) is 0 Å². The van der Waals surface area contributed by atoms with E-state index in [4.69, 9.17) is 9.47 Å². The predicted molar refractivity (Wildman–Crippen MR) is 104 cm³/mol. The summed E-state index contributed by atoms with van der Waals surface area (Å²) in [4.78, 5) is 12.9. The fourth-order valence-corrected chi connectivity index (χ4v) is 3.03. The molecule has 0 saturated heterocycles. The van der Waals surface area contributed by atoms with Gasteiger partial charge in [-0.25, -0.2) is 4.39 Å². The first kappa shape index (κ1) is 18.0. The van der Waals surface area contributed by atoms with Gasteiger partial charge in [0.15, 0.2) is 11.5 Å². The summed E-state index contributed by atoms with van der Waals surface area (Å²) in [5, 5.41) is 6.13. The van der Waals surface area contributed by atoms with Crippen LogP contribution in [0.3, 0.4) is 0 Å². The Hall–Kier alpha value is -3.38. The molecule has 1 heterocycles. The lowest BCUT2D eigenvalue weighted by Crippen LogP contribution is -2.32. The Kier molecular flexibility index (Phi) is 5.21. The molecule has 0 fully saturated rings. The Balaban J connectivity index is 1.50. The number of carbonyl (C=O) groups excluding carboxylic acids is 1. The molecule has 0 aliphatic carbocycles. The van der Waals surface area contributed by atoms with E-state index in [2.05, 4.69) is 10.6 Å². The van der Waals surface area contributed by atoms with Crippen LogP contribution in [0, 0.1) is 5.82 Å². The first-order chi connectivity index (χ1) is 13.7. The molecule has 1 aliphatic rings. The molecule has 0 bridgehead atoms. The molecular formula is C22H19FN2O3. The smallest absolute Gasteiger partial charge is 0.246 e. The van der Waals surface area contributed by atoms with Gasteiger partial charge in [-0.1, -0.05) is 36.4 Å². The number of hydrogen-bond acceptors (Lipinski definition) is 4. The highest BCUT2D eigenvalue weighted by Gasteiger charge is 2.21. The summed E-state index contributed by atoms with van der Waals surface area (Å²) in [7, 11) is 0. The minimum absolute atomic E-state index is 0.221. The molecular weight excluding hydrogens is 359 g/mol. The van der Waals surface area contributed by atoms with Gasteiger partial charge in [0.1, 0.15) is 11.9 Å². The molecule has 4 rings (SSSR count). The van der Waals surface area contributed by atoms with E-state index in [0.717, 1.165) is 16.9 Å². The molecule has 0 aromatic heterocycles. The first-order valence-electron chi connectivity index (χ1n) is 8.92. The quantitative estimate of drug-likeness (QED) is 0.680. The number of nitrogens with one attached hydrogen (secondary N) is 2. The Labute approximate surface area is 162 Å². The molecule has 142 valence electrons. The average Bonchev–Trinajstić information content (AvgIpc) is 3.19. The topological polar surface area (TPSA) is 59.6 Å². The Morgan fingerprint density at radius 1 is 0.964 bits per heavy atom. The number of ether oxygens (including phenoxy) is 2. The van der Waals surface area contributed by atoms with Crippen LogP contribution >= 0.6 is 0 Å². The van der Waals surface area contributed by atoms with Crippen LogP contribution in [0.25, 0.3) is 0 Å². The molecule has 5 nitrogen and oxygen atoms in total. The summed E-state index contributed by atoms with van der Waals surface area (Å²) in [6, 6.07) is 20.3. The van der Waals surface area contributed by atoms with Crippen molar-refractivity contribution in [3.8, 4) is 11.5 Å². The van der Waals surface area contributed by atoms with Crippen LogP contribution < -0.4 is 20.1 Å². The number of benzene rings is 3. The van der Waals surface area contributed by atoms with E-state index >= 15 is 0 Å². The number of carbonyl (C=O) groups is 1.